The van der Waals surface area contributed by atoms with Crippen molar-refractivity contribution >= 4 is 17.9 Å². The molecule has 7 heteroatoms. The van der Waals surface area contributed by atoms with Gasteiger partial charge in [0.2, 0.25) is 0 Å². The number of carboxylic acids is 2. The quantitative estimate of drug-likeness (QED) is 0.104. The molecule has 0 fully saturated rings. The SMILES string of the molecule is CC(=O)Oc1ccccc1C(=O)O.CCCCCCCCCCCCCCCCOc1ccccc1C(=O)O. The van der Waals surface area contributed by atoms with Crippen molar-refractivity contribution in [2.24, 2.45) is 0 Å². The smallest absolute Gasteiger partial charge is 0.339 e. The highest BCUT2D eigenvalue weighted by Gasteiger charge is 2.11. The van der Waals surface area contributed by atoms with Gasteiger partial charge in [-0.1, -0.05) is 115 Å². The summed E-state index contributed by atoms with van der Waals surface area (Å²) in [5.74, 6) is -2.02. The van der Waals surface area contributed by atoms with Crippen molar-refractivity contribution in [2.45, 2.75) is 104 Å². The molecular weight excluding hydrogens is 496 g/mol. The Morgan fingerprint density at radius 3 is 1.41 bits per heavy atom. The third kappa shape index (κ3) is 16.3. The molecule has 0 aliphatic carbocycles. The molecule has 0 atom stereocenters. The minimum absolute atomic E-state index is 0.0160. The van der Waals surface area contributed by atoms with Gasteiger partial charge in [0.1, 0.15) is 22.6 Å². The summed E-state index contributed by atoms with van der Waals surface area (Å²) in [6, 6.07) is 12.8. The fourth-order valence-electron chi connectivity index (χ4n) is 4.14. The molecule has 216 valence electrons. The van der Waals surface area contributed by atoms with Crippen molar-refractivity contribution in [1.29, 1.82) is 0 Å². The highest BCUT2D eigenvalue weighted by molar-refractivity contribution is 5.92. The van der Waals surface area contributed by atoms with Crippen LogP contribution in [0.25, 0.3) is 0 Å². The predicted octanol–water partition coefficient (Wildman–Crippen LogP) is 8.56. The van der Waals surface area contributed by atoms with Crippen LogP contribution in [0.1, 0.15) is 124 Å². The third-order valence-electron chi connectivity index (χ3n) is 6.24. The van der Waals surface area contributed by atoms with E-state index in [1.807, 2.05) is 6.07 Å². The van der Waals surface area contributed by atoms with E-state index in [1.165, 1.54) is 96.1 Å². The molecule has 39 heavy (non-hydrogen) atoms. The maximum atomic E-state index is 11.1. The Kier molecular flexibility index (Phi) is 18.6. The number of carboxylic acid groups (broad SMARTS) is 2. The van der Waals surface area contributed by atoms with Gasteiger partial charge in [-0.2, -0.15) is 0 Å². The number of carbonyl (C=O) groups is 3. The van der Waals surface area contributed by atoms with Crippen LogP contribution in [-0.2, 0) is 4.79 Å². The van der Waals surface area contributed by atoms with Gasteiger partial charge in [0.05, 0.1) is 6.61 Å². The van der Waals surface area contributed by atoms with Gasteiger partial charge in [-0.05, 0) is 30.7 Å². The van der Waals surface area contributed by atoms with E-state index in [0.29, 0.717) is 12.4 Å². The number of hydrogen-bond donors (Lipinski definition) is 2. The van der Waals surface area contributed by atoms with Crippen LogP contribution >= 0.6 is 0 Å². The van der Waals surface area contributed by atoms with Gasteiger partial charge in [0.15, 0.2) is 0 Å². The fraction of sp³-hybridized carbons (Fsp3) is 0.531. The number of ether oxygens (including phenoxy) is 2. The summed E-state index contributed by atoms with van der Waals surface area (Å²) in [5, 5.41) is 17.8. The number of unbranched alkanes of at least 4 members (excludes halogenated alkanes) is 13. The van der Waals surface area contributed by atoms with E-state index in [4.69, 9.17) is 14.9 Å². The van der Waals surface area contributed by atoms with Crippen molar-refractivity contribution in [3.63, 3.8) is 0 Å². The first-order chi connectivity index (χ1) is 18.9. The zero-order chi connectivity index (χ0) is 28.7. The Balaban J connectivity index is 0.000000487. The lowest BCUT2D eigenvalue weighted by atomic mass is 10.0. The average Bonchev–Trinajstić information content (AvgIpc) is 2.91. The maximum absolute atomic E-state index is 11.1. The largest absolute Gasteiger partial charge is 0.493 e. The summed E-state index contributed by atoms with van der Waals surface area (Å²) in [7, 11) is 0. The van der Waals surface area contributed by atoms with Crippen LogP contribution in [0.3, 0.4) is 0 Å². The average molecular weight is 543 g/mol. The monoisotopic (exact) mass is 542 g/mol. The highest BCUT2D eigenvalue weighted by Crippen LogP contribution is 2.19. The molecule has 2 N–H and O–H groups in total. The van der Waals surface area contributed by atoms with Crippen molar-refractivity contribution in [3.8, 4) is 11.5 Å². The molecule has 7 nitrogen and oxygen atoms in total. The lowest BCUT2D eigenvalue weighted by Gasteiger charge is -2.08. The Bertz CT molecular complexity index is 970. The van der Waals surface area contributed by atoms with E-state index < -0.39 is 17.9 Å². The molecule has 0 saturated heterocycles. The van der Waals surface area contributed by atoms with Crippen LogP contribution in [0.15, 0.2) is 48.5 Å². The first-order valence-electron chi connectivity index (χ1n) is 14.3. The number of para-hydroxylation sites is 2. The molecule has 0 unspecified atom stereocenters. The van der Waals surface area contributed by atoms with Gasteiger partial charge >= 0.3 is 17.9 Å². The van der Waals surface area contributed by atoms with Gasteiger partial charge in [0.25, 0.3) is 0 Å². The topological polar surface area (TPSA) is 110 Å². The van der Waals surface area contributed by atoms with E-state index in [2.05, 4.69) is 11.7 Å². The number of carbonyl (C=O) groups excluding carboxylic acids is 1. The minimum Gasteiger partial charge on any atom is -0.493 e. The second-order valence-electron chi connectivity index (χ2n) is 9.64. The summed E-state index contributed by atoms with van der Waals surface area (Å²) in [6.07, 6.45) is 18.6. The van der Waals surface area contributed by atoms with Gasteiger partial charge in [-0.15, -0.1) is 0 Å². The van der Waals surface area contributed by atoms with E-state index in [-0.39, 0.29) is 16.9 Å². The van der Waals surface area contributed by atoms with Crippen LogP contribution in [0.5, 0.6) is 11.5 Å². The molecule has 0 aliphatic rings. The molecule has 0 aromatic heterocycles. The van der Waals surface area contributed by atoms with Crippen LogP contribution in [0, 0.1) is 0 Å². The summed E-state index contributed by atoms with van der Waals surface area (Å²) >= 11 is 0. The molecule has 0 saturated carbocycles. The Morgan fingerprint density at radius 2 is 0.974 bits per heavy atom. The zero-order valence-corrected chi connectivity index (χ0v) is 23.7. The lowest BCUT2D eigenvalue weighted by Crippen LogP contribution is -2.06. The molecule has 2 rings (SSSR count). The Hall–Kier alpha value is -3.35. The second kappa shape index (κ2) is 21.6. The van der Waals surface area contributed by atoms with Gasteiger partial charge < -0.3 is 19.7 Å². The third-order valence-corrected chi connectivity index (χ3v) is 6.24. The molecule has 0 heterocycles. The zero-order valence-electron chi connectivity index (χ0n) is 23.7. The molecule has 2 aromatic carbocycles. The van der Waals surface area contributed by atoms with Crippen molar-refractivity contribution in [1.82, 2.24) is 0 Å². The van der Waals surface area contributed by atoms with Gasteiger partial charge in [-0.25, -0.2) is 9.59 Å². The molecule has 0 spiro atoms. The van der Waals surface area contributed by atoms with Crippen LogP contribution in [0.4, 0.5) is 0 Å². The number of aromatic carboxylic acids is 2. The van der Waals surface area contributed by atoms with Crippen molar-refractivity contribution in [2.75, 3.05) is 6.61 Å². The Labute approximate surface area is 233 Å². The van der Waals surface area contributed by atoms with Crippen molar-refractivity contribution in [3.05, 3.63) is 59.7 Å². The second-order valence-corrected chi connectivity index (χ2v) is 9.64. The molecular formula is C32H46O7. The molecule has 0 radical (unpaired) electrons. The van der Waals surface area contributed by atoms with E-state index in [1.54, 1.807) is 30.3 Å². The lowest BCUT2D eigenvalue weighted by molar-refractivity contribution is -0.131. The molecule has 2 aromatic rings. The summed E-state index contributed by atoms with van der Waals surface area (Å²) in [5.41, 5.74) is 0.232. The van der Waals surface area contributed by atoms with Gasteiger partial charge in [-0.3, -0.25) is 4.79 Å². The number of hydrogen-bond acceptors (Lipinski definition) is 5. The standard InChI is InChI=1S/C23H38O3.C9H8O4/c1-2-3-4-5-6-7-8-9-10-11-12-13-14-17-20-26-22-19-16-15-18-21(22)23(24)25;1-6(10)13-8-5-3-2-4-7(8)9(11)12/h15-16,18-19H,2-14,17,20H2,1H3,(H,24,25);2-5H,1H3,(H,11,12). The summed E-state index contributed by atoms with van der Waals surface area (Å²) in [4.78, 5) is 32.3. The number of benzene rings is 2. The molecule has 0 amide bonds. The van der Waals surface area contributed by atoms with E-state index in [9.17, 15) is 14.4 Å². The normalized spacial score (nSPS) is 10.3. The summed E-state index contributed by atoms with van der Waals surface area (Å²) < 4.78 is 10.3. The maximum Gasteiger partial charge on any atom is 0.339 e. The highest BCUT2D eigenvalue weighted by atomic mass is 16.5. The molecule has 0 bridgehead atoms. The van der Waals surface area contributed by atoms with Crippen LogP contribution in [0.2, 0.25) is 0 Å². The predicted molar refractivity (Wildman–Crippen MR) is 154 cm³/mol. The van der Waals surface area contributed by atoms with Crippen LogP contribution in [-0.4, -0.2) is 34.7 Å². The minimum atomic E-state index is -1.11. The molecule has 0 aliphatic heterocycles. The van der Waals surface area contributed by atoms with Crippen LogP contribution < -0.4 is 9.47 Å². The Morgan fingerprint density at radius 1 is 0.590 bits per heavy atom. The van der Waals surface area contributed by atoms with Gasteiger partial charge in [0, 0.05) is 6.92 Å². The fourth-order valence-corrected chi connectivity index (χ4v) is 4.14. The number of esters is 1. The number of rotatable bonds is 19. The first-order valence-corrected chi connectivity index (χ1v) is 14.3. The van der Waals surface area contributed by atoms with E-state index in [0.717, 1.165) is 12.8 Å². The van der Waals surface area contributed by atoms with Crippen molar-refractivity contribution < 1.29 is 34.1 Å². The summed E-state index contributed by atoms with van der Waals surface area (Å²) in [6.45, 7) is 4.09. The van der Waals surface area contributed by atoms with E-state index >= 15 is 0 Å². The first kappa shape index (κ1) is 33.7.